The summed E-state index contributed by atoms with van der Waals surface area (Å²) in [7, 11) is 0. The molecule has 33 heavy (non-hydrogen) atoms. The lowest BCUT2D eigenvalue weighted by molar-refractivity contribution is -0.120. The Labute approximate surface area is 189 Å². The van der Waals surface area contributed by atoms with E-state index in [9.17, 15) is 14.0 Å². The zero-order chi connectivity index (χ0) is 23.0. The van der Waals surface area contributed by atoms with E-state index in [0.717, 1.165) is 11.1 Å². The minimum Gasteiger partial charge on any atom is -0.489 e. The molecule has 0 fully saturated rings. The van der Waals surface area contributed by atoms with Crippen LogP contribution in [0.4, 0.5) is 4.39 Å². The number of ether oxygens (including phenoxy) is 3. The third-order valence-corrected chi connectivity index (χ3v) is 4.65. The standard InChI is InChI=1S/C24H20FN3O5/c25-19-6-1-17(2-7-19)14-31-20-8-3-16(4-9-20)12-27-28-23(29)13-26-24(30)18-5-10-21-22(11-18)33-15-32-21/h1-12H,13-15H2,(H,26,30)(H,28,29). The Morgan fingerprint density at radius 3 is 2.55 bits per heavy atom. The second-order valence-corrected chi connectivity index (χ2v) is 7.03. The van der Waals surface area contributed by atoms with Crippen molar-refractivity contribution in [1.82, 2.24) is 10.7 Å². The quantitative estimate of drug-likeness (QED) is 0.407. The average Bonchev–Trinajstić information content (AvgIpc) is 3.31. The zero-order valence-corrected chi connectivity index (χ0v) is 17.4. The average molecular weight is 449 g/mol. The molecule has 0 spiro atoms. The highest BCUT2D eigenvalue weighted by Gasteiger charge is 2.16. The molecule has 8 nitrogen and oxygen atoms in total. The summed E-state index contributed by atoms with van der Waals surface area (Å²) in [6.45, 7) is 0.203. The number of nitrogens with zero attached hydrogens (tertiary/aromatic N) is 1. The maximum atomic E-state index is 12.9. The summed E-state index contributed by atoms with van der Waals surface area (Å²) in [5.74, 6) is 0.534. The van der Waals surface area contributed by atoms with Gasteiger partial charge in [-0.3, -0.25) is 9.59 Å². The maximum Gasteiger partial charge on any atom is 0.259 e. The molecule has 0 aromatic heterocycles. The Kier molecular flexibility index (Phi) is 6.79. The van der Waals surface area contributed by atoms with Crippen LogP contribution in [-0.2, 0) is 11.4 Å². The first-order valence-corrected chi connectivity index (χ1v) is 10.0. The van der Waals surface area contributed by atoms with E-state index in [1.54, 1.807) is 54.6 Å². The van der Waals surface area contributed by atoms with E-state index in [4.69, 9.17) is 14.2 Å². The summed E-state index contributed by atoms with van der Waals surface area (Å²) < 4.78 is 29.0. The normalized spacial score (nSPS) is 11.9. The van der Waals surface area contributed by atoms with Crippen LogP contribution in [0.1, 0.15) is 21.5 Å². The zero-order valence-electron chi connectivity index (χ0n) is 17.4. The fraction of sp³-hybridized carbons (Fsp3) is 0.125. The summed E-state index contributed by atoms with van der Waals surface area (Å²) in [6.07, 6.45) is 1.47. The lowest BCUT2D eigenvalue weighted by Gasteiger charge is -2.06. The van der Waals surface area contributed by atoms with E-state index in [1.165, 1.54) is 18.3 Å². The van der Waals surface area contributed by atoms with Crippen molar-refractivity contribution < 1.29 is 28.2 Å². The van der Waals surface area contributed by atoms with Gasteiger partial charge in [-0.25, -0.2) is 9.82 Å². The fourth-order valence-electron chi connectivity index (χ4n) is 2.92. The maximum absolute atomic E-state index is 12.9. The molecule has 0 unspecified atom stereocenters. The molecule has 168 valence electrons. The first-order chi connectivity index (χ1) is 16.1. The third-order valence-electron chi connectivity index (χ3n) is 4.65. The molecule has 1 aliphatic heterocycles. The van der Waals surface area contributed by atoms with Crippen LogP contribution < -0.4 is 25.0 Å². The van der Waals surface area contributed by atoms with Crippen LogP contribution in [0.5, 0.6) is 17.2 Å². The highest BCUT2D eigenvalue weighted by atomic mass is 19.1. The Bertz CT molecular complexity index is 1160. The Balaban J connectivity index is 1.19. The Hall–Kier alpha value is -4.40. The lowest BCUT2D eigenvalue weighted by atomic mass is 10.2. The molecule has 4 rings (SSSR count). The number of halogens is 1. The van der Waals surface area contributed by atoms with E-state index in [-0.39, 0.29) is 19.2 Å². The summed E-state index contributed by atoms with van der Waals surface area (Å²) in [6, 6.07) is 18.0. The Morgan fingerprint density at radius 2 is 1.76 bits per heavy atom. The van der Waals surface area contributed by atoms with Gasteiger partial charge in [-0.2, -0.15) is 5.10 Å². The predicted octanol–water partition coefficient (Wildman–Crippen LogP) is 3.01. The minimum atomic E-state index is -0.473. The summed E-state index contributed by atoms with van der Waals surface area (Å²) in [4.78, 5) is 24.1. The SMILES string of the molecule is O=C(CNC(=O)c1ccc2c(c1)OCO2)NN=Cc1ccc(OCc2ccc(F)cc2)cc1. The number of fused-ring (bicyclic) bond motifs is 1. The number of hydrazone groups is 1. The van der Waals surface area contributed by atoms with Crippen molar-refractivity contribution in [2.24, 2.45) is 5.10 Å². The number of hydrogen-bond acceptors (Lipinski definition) is 6. The van der Waals surface area contributed by atoms with Gasteiger partial charge in [0.15, 0.2) is 11.5 Å². The topological polar surface area (TPSA) is 98.3 Å². The van der Waals surface area contributed by atoms with Crippen LogP contribution in [-0.4, -0.2) is 31.4 Å². The van der Waals surface area contributed by atoms with Gasteiger partial charge >= 0.3 is 0 Å². The number of amides is 2. The van der Waals surface area contributed by atoms with Crippen LogP contribution in [0, 0.1) is 5.82 Å². The van der Waals surface area contributed by atoms with Gasteiger partial charge in [-0.1, -0.05) is 12.1 Å². The molecular formula is C24H20FN3O5. The molecule has 0 saturated carbocycles. The number of benzene rings is 3. The van der Waals surface area contributed by atoms with E-state index in [2.05, 4.69) is 15.8 Å². The monoisotopic (exact) mass is 449 g/mol. The van der Waals surface area contributed by atoms with Crippen LogP contribution >= 0.6 is 0 Å². The van der Waals surface area contributed by atoms with Crippen LogP contribution in [0.15, 0.2) is 71.8 Å². The van der Waals surface area contributed by atoms with Gasteiger partial charge in [0.05, 0.1) is 12.8 Å². The molecule has 0 radical (unpaired) electrons. The highest BCUT2D eigenvalue weighted by Crippen LogP contribution is 2.32. The molecule has 3 aromatic carbocycles. The Morgan fingerprint density at radius 1 is 1.00 bits per heavy atom. The number of carbonyl (C=O) groups is 2. The van der Waals surface area contributed by atoms with Gasteiger partial charge in [0.2, 0.25) is 6.79 Å². The van der Waals surface area contributed by atoms with Crippen LogP contribution in [0.3, 0.4) is 0 Å². The number of rotatable bonds is 8. The van der Waals surface area contributed by atoms with Gasteiger partial charge in [0.25, 0.3) is 11.8 Å². The van der Waals surface area contributed by atoms with Crippen molar-refractivity contribution in [3.8, 4) is 17.2 Å². The molecule has 2 amide bonds. The van der Waals surface area contributed by atoms with E-state index in [0.29, 0.717) is 29.4 Å². The van der Waals surface area contributed by atoms with E-state index >= 15 is 0 Å². The highest BCUT2D eigenvalue weighted by molar-refractivity contribution is 5.97. The number of carbonyl (C=O) groups excluding carboxylic acids is 2. The molecule has 1 heterocycles. The largest absolute Gasteiger partial charge is 0.489 e. The molecule has 1 aliphatic rings. The van der Waals surface area contributed by atoms with Gasteiger partial charge in [0.1, 0.15) is 18.2 Å². The van der Waals surface area contributed by atoms with Crippen molar-refractivity contribution in [1.29, 1.82) is 0 Å². The van der Waals surface area contributed by atoms with Crippen molar-refractivity contribution in [3.05, 3.63) is 89.2 Å². The second kappa shape index (κ2) is 10.3. The van der Waals surface area contributed by atoms with Crippen molar-refractivity contribution in [3.63, 3.8) is 0 Å². The van der Waals surface area contributed by atoms with Crippen molar-refractivity contribution in [2.75, 3.05) is 13.3 Å². The molecule has 0 aliphatic carbocycles. The van der Waals surface area contributed by atoms with E-state index in [1.807, 2.05) is 0 Å². The predicted molar refractivity (Wildman–Crippen MR) is 118 cm³/mol. The molecule has 9 heteroatoms. The number of nitrogens with one attached hydrogen (secondary N) is 2. The summed E-state index contributed by atoms with van der Waals surface area (Å²) in [5.41, 5.74) is 4.31. The number of hydrogen-bond donors (Lipinski definition) is 2. The molecule has 0 saturated heterocycles. The fourth-order valence-corrected chi connectivity index (χ4v) is 2.92. The van der Waals surface area contributed by atoms with Crippen molar-refractivity contribution >= 4 is 18.0 Å². The minimum absolute atomic E-state index is 0.118. The first kappa shape index (κ1) is 21.8. The summed E-state index contributed by atoms with van der Waals surface area (Å²) in [5, 5.41) is 6.40. The molecular weight excluding hydrogens is 429 g/mol. The molecule has 2 N–H and O–H groups in total. The smallest absolute Gasteiger partial charge is 0.259 e. The molecule has 0 bridgehead atoms. The van der Waals surface area contributed by atoms with Gasteiger partial charge in [0, 0.05) is 5.56 Å². The van der Waals surface area contributed by atoms with Crippen LogP contribution in [0.25, 0.3) is 0 Å². The van der Waals surface area contributed by atoms with Gasteiger partial charge < -0.3 is 19.5 Å². The van der Waals surface area contributed by atoms with Gasteiger partial charge in [-0.15, -0.1) is 0 Å². The molecule has 3 aromatic rings. The van der Waals surface area contributed by atoms with Gasteiger partial charge in [-0.05, 0) is 65.7 Å². The third kappa shape index (κ3) is 6.07. The second-order valence-electron chi connectivity index (χ2n) is 7.03. The summed E-state index contributed by atoms with van der Waals surface area (Å²) >= 11 is 0. The van der Waals surface area contributed by atoms with Crippen molar-refractivity contribution in [2.45, 2.75) is 6.61 Å². The van der Waals surface area contributed by atoms with Crippen LogP contribution in [0.2, 0.25) is 0 Å². The first-order valence-electron chi connectivity index (χ1n) is 10.0. The lowest BCUT2D eigenvalue weighted by Crippen LogP contribution is -2.34. The van der Waals surface area contributed by atoms with E-state index < -0.39 is 11.8 Å². The molecule has 0 atom stereocenters.